The number of amides is 1. The summed E-state index contributed by atoms with van der Waals surface area (Å²) >= 11 is 0. The zero-order valence-electron chi connectivity index (χ0n) is 15.5. The van der Waals surface area contributed by atoms with Crippen molar-refractivity contribution in [1.29, 1.82) is 0 Å². The lowest BCUT2D eigenvalue weighted by molar-refractivity contribution is 0.0704. The van der Waals surface area contributed by atoms with Crippen molar-refractivity contribution in [3.8, 4) is 11.5 Å². The van der Waals surface area contributed by atoms with Crippen LogP contribution in [0.25, 0.3) is 0 Å². The molecule has 3 rings (SSSR count). The van der Waals surface area contributed by atoms with Crippen molar-refractivity contribution in [2.24, 2.45) is 0 Å². The maximum Gasteiger partial charge on any atom is 0.254 e. The van der Waals surface area contributed by atoms with Crippen LogP contribution in [0.3, 0.4) is 0 Å². The van der Waals surface area contributed by atoms with E-state index in [-0.39, 0.29) is 5.91 Å². The molecule has 0 saturated carbocycles. The summed E-state index contributed by atoms with van der Waals surface area (Å²) in [5.74, 6) is 2.43. The third-order valence-corrected chi connectivity index (χ3v) is 3.93. The van der Waals surface area contributed by atoms with Gasteiger partial charge in [0.25, 0.3) is 5.91 Å². The summed E-state index contributed by atoms with van der Waals surface area (Å²) in [6.45, 7) is 5.48. The van der Waals surface area contributed by atoms with Crippen LogP contribution in [0.5, 0.6) is 11.5 Å². The van der Waals surface area contributed by atoms with E-state index < -0.39 is 0 Å². The van der Waals surface area contributed by atoms with Gasteiger partial charge in [-0.3, -0.25) is 4.79 Å². The second kappa shape index (κ2) is 8.98. The van der Waals surface area contributed by atoms with Gasteiger partial charge in [0.1, 0.15) is 11.5 Å². The monoisotopic (exact) mass is 369 g/mol. The number of furan rings is 2. The Balaban J connectivity index is 1.86. The summed E-state index contributed by atoms with van der Waals surface area (Å²) in [6, 6.07) is 12.5. The van der Waals surface area contributed by atoms with Gasteiger partial charge in [-0.1, -0.05) is 0 Å². The molecule has 0 aliphatic heterocycles. The summed E-state index contributed by atoms with van der Waals surface area (Å²) < 4.78 is 22.0. The van der Waals surface area contributed by atoms with Crippen molar-refractivity contribution < 1.29 is 23.1 Å². The summed E-state index contributed by atoms with van der Waals surface area (Å²) in [5, 5.41) is 0. The largest absolute Gasteiger partial charge is 0.490 e. The van der Waals surface area contributed by atoms with Crippen molar-refractivity contribution >= 4 is 5.91 Å². The SMILES string of the molecule is CCOc1ccc(C(=O)N(Cc2ccco2)Cc2ccco2)cc1OCC. The summed E-state index contributed by atoms with van der Waals surface area (Å²) in [7, 11) is 0. The Kier molecular flexibility index (Phi) is 6.20. The van der Waals surface area contributed by atoms with Crippen LogP contribution in [-0.4, -0.2) is 24.0 Å². The van der Waals surface area contributed by atoms with Crippen LogP contribution in [0.4, 0.5) is 0 Å². The maximum absolute atomic E-state index is 13.2. The molecule has 27 heavy (non-hydrogen) atoms. The molecule has 0 fully saturated rings. The first-order valence-corrected chi connectivity index (χ1v) is 8.95. The van der Waals surface area contributed by atoms with Gasteiger partial charge in [-0.05, 0) is 56.3 Å². The van der Waals surface area contributed by atoms with E-state index in [1.54, 1.807) is 47.8 Å². The molecule has 0 spiro atoms. The lowest BCUT2D eigenvalue weighted by Crippen LogP contribution is -2.29. The van der Waals surface area contributed by atoms with Gasteiger partial charge in [0.2, 0.25) is 0 Å². The number of carbonyl (C=O) groups is 1. The average Bonchev–Trinajstić information content (AvgIpc) is 3.36. The first kappa shape index (κ1) is 18.6. The molecule has 0 N–H and O–H groups in total. The van der Waals surface area contributed by atoms with Gasteiger partial charge >= 0.3 is 0 Å². The second-order valence-electron chi connectivity index (χ2n) is 5.85. The van der Waals surface area contributed by atoms with Gasteiger partial charge < -0.3 is 23.2 Å². The topological polar surface area (TPSA) is 65.0 Å². The molecule has 1 amide bonds. The molecule has 2 heterocycles. The van der Waals surface area contributed by atoms with Crippen molar-refractivity contribution in [2.75, 3.05) is 13.2 Å². The van der Waals surface area contributed by atoms with E-state index in [9.17, 15) is 4.79 Å². The molecular formula is C21H23NO5. The highest BCUT2D eigenvalue weighted by Crippen LogP contribution is 2.29. The highest BCUT2D eigenvalue weighted by molar-refractivity contribution is 5.94. The predicted molar refractivity (Wildman–Crippen MR) is 99.8 cm³/mol. The lowest BCUT2D eigenvalue weighted by atomic mass is 10.1. The minimum Gasteiger partial charge on any atom is -0.490 e. The number of hydrogen-bond acceptors (Lipinski definition) is 5. The van der Waals surface area contributed by atoms with Crippen molar-refractivity contribution in [1.82, 2.24) is 4.90 Å². The fourth-order valence-electron chi connectivity index (χ4n) is 2.75. The number of benzene rings is 1. The molecule has 0 radical (unpaired) electrons. The molecule has 0 atom stereocenters. The van der Waals surface area contributed by atoms with Crippen LogP contribution in [0.1, 0.15) is 35.7 Å². The van der Waals surface area contributed by atoms with Crippen molar-refractivity contribution in [3.05, 3.63) is 72.1 Å². The Labute approximate surface area is 158 Å². The fourth-order valence-corrected chi connectivity index (χ4v) is 2.75. The summed E-state index contributed by atoms with van der Waals surface area (Å²) in [5.41, 5.74) is 0.514. The summed E-state index contributed by atoms with van der Waals surface area (Å²) in [4.78, 5) is 14.8. The normalized spacial score (nSPS) is 10.6. The van der Waals surface area contributed by atoms with E-state index in [0.717, 1.165) is 0 Å². The first-order valence-electron chi connectivity index (χ1n) is 8.95. The molecule has 2 aromatic heterocycles. The van der Waals surface area contributed by atoms with E-state index in [0.29, 0.717) is 54.9 Å². The van der Waals surface area contributed by atoms with E-state index in [2.05, 4.69) is 0 Å². The van der Waals surface area contributed by atoms with Gasteiger partial charge in [0.05, 0.1) is 38.8 Å². The number of nitrogens with zero attached hydrogens (tertiary/aromatic N) is 1. The first-order chi connectivity index (χ1) is 13.2. The Morgan fingerprint density at radius 2 is 1.48 bits per heavy atom. The van der Waals surface area contributed by atoms with Crippen LogP contribution in [0.2, 0.25) is 0 Å². The smallest absolute Gasteiger partial charge is 0.254 e. The second-order valence-corrected chi connectivity index (χ2v) is 5.85. The predicted octanol–water partition coefficient (Wildman–Crippen LogP) is 4.51. The summed E-state index contributed by atoms with van der Waals surface area (Å²) in [6.07, 6.45) is 3.18. The van der Waals surface area contributed by atoms with Gasteiger partial charge in [-0.2, -0.15) is 0 Å². The minimum absolute atomic E-state index is 0.146. The Bertz CT molecular complexity index is 803. The number of hydrogen-bond donors (Lipinski definition) is 0. The lowest BCUT2D eigenvalue weighted by Gasteiger charge is -2.21. The molecule has 0 aliphatic rings. The van der Waals surface area contributed by atoms with Gasteiger partial charge in [-0.15, -0.1) is 0 Å². The van der Waals surface area contributed by atoms with Crippen LogP contribution in [-0.2, 0) is 13.1 Å². The molecule has 0 saturated heterocycles. The van der Waals surface area contributed by atoms with E-state index >= 15 is 0 Å². The maximum atomic E-state index is 13.2. The Hall–Kier alpha value is -3.15. The zero-order valence-corrected chi connectivity index (χ0v) is 15.5. The van der Waals surface area contributed by atoms with Gasteiger partial charge in [0, 0.05) is 5.56 Å². The Morgan fingerprint density at radius 3 is 2.00 bits per heavy atom. The number of rotatable bonds is 9. The molecule has 0 bridgehead atoms. The van der Waals surface area contributed by atoms with E-state index in [1.807, 2.05) is 26.0 Å². The fraction of sp³-hybridized carbons (Fsp3) is 0.286. The van der Waals surface area contributed by atoms with E-state index in [4.69, 9.17) is 18.3 Å². The van der Waals surface area contributed by atoms with Crippen molar-refractivity contribution in [3.63, 3.8) is 0 Å². The minimum atomic E-state index is -0.146. The molecule has 6 nitrogen and oxygen atoms in total. The van der Waals surface area contributed by atoms with Gasteiger partial charge in [0.15, 0.2) is 11.5 Å². The molecule has 1 aromatic carbocycles. The number of carbonyl (C=O) groups excluding carboxylic acids is 1. The molecule has 0 unspecified atom stereocenters. The highest BCUT2D eigenvalue weighted by atomic mass is 16.5. The molecule has 6 heteroatoms. The molecular weight excluding hydrogens is 346 g/mol. The average molecular weight is 369 g/mol. The van der Waals surface area contributed by atoms with Crippen LogP contribution in [0.15, 0.2) is 63.8 Å². The van der Waals surface area contributed by atoms with Crippen molar-refractivity contribution in [2.45, 2.75) is 26.9 Å². The molecule has 0 aliphatic carbocycles. The molecule has 3 aromatic rings. The third-order valence-electron chi connectivity index (χ3n) is 3.93. The van der Waals surface area contributed by atoms with Crippen LogP contribution < -0.4 is 9.47 Å². The zero-order chi connectivity index (χ0) is 19.1. The van der Waals surface area contributed by atoms with Crippen LogP contribution >= 0.6 is 0 Å². The quantitative estimate of drug-likeness (QED) is 0.555. The number of ether oxygens (including phenoxy) is 2. The third kappa shape index (κ3) is 4.73. The Morgan fingerprint density at radius 1 is 0.889 bits per heavy atom. The molecule has 142 valence electrons. The van der Waals surface area contributed by atoms with Gasteiger partial charge in [-0.25, -0.2) is 0 Å². The highest BCUT2D eigenvalue weighted by Gasteiger charge is 2.20. The van der Waals surface area contributed by atoms with E-state index in [1.165, 1.54) is 0 Å². The standard InChI is InChI=1S/C21H23NO5/c1-3-24-19-10-9-16(13-20(19)25-4-2)21(23)22(14-17-7-5-11-26-17)15-18-8-6-12-27-18/h5-13H,3-4,14-15H2,1-2H3. The van der Waals surface area contributed by atoms with Crippen LogP contribution in [0, 0.1) is 0 Å².